The maximum atomic E-state index is 12.1. The molecule has 0 aliphatic rings. The van der Waals surface area contributed by atoms with Crippen molar-refractivity contribution < 1.29 is 14.3 Å². The standard InChI is InChI=1S/C16H25IN2O3/c1-3-5-9-21-15-11-13(6-7-14(15)18)16(20)22-10-8-19(4-2)12-17/h6-7,11H,3-5,8-10,12,18H2,1-2H3. The van der Waals surface area contributed by atoms with Gasteiger partial charge in [0.15, 0.2) is 0 Å². The number of hydrogen-bond acceptors (Lipinski definition) is 5. The van der Waals surface area contributed by atoms with Gasteiger partial charge < -0.3 is 15.2 Å². The highest BCUT2D eigenvalue weighted by atomic mass is 127. The van der Waals surface area contributed by atoms with Gasteiger partial charge in [0, 0.05) is 6.54 Å². The summed E-state index contributed by atoms with van der Waals surface area (Å²) in [4.78, 5) is 14.2. The zero-order chi connectivity index (χ0) is 16.4. The minimum atomic E-state index is -0.343. The van der Waals surface area contributed by atoms with Crippen LogP contribution in [0.15, 0.2) is 18.2 Å². The van der Waals surface area contributed by atoms with Gasteiger partial charge in [-0.1, -0.05) is 42.9 Å². The summed E-state index contributed by atoms with van der Waals surface area (Å²) in [6.07, 6.45) is 2.00. The SMILES string of the molecule is CCCCOc1cc(C(=O)OCCN(CC)CI)ccc1N. The van der Waals surface area contributed by atoms with E-state index in [1.54, 1.807) is 18.2 Å². The molecule has 0 unspecified atom stereocenters. The fourth-order valence-corrected chi connectivity index (χ4v) is 2.59. The van der Waals surface area contributed by atoms with Crippen LogP contribution in [0.1, 0.15) is 37.0 Å². The van der Waals surface area contributed by atoms with Crippen molar-refractivity contribution in [3.63, 3.8) is 0 Å². The van der Waals surface area contributed by atoms with E-state index in [2.05, 4.69) is 41.3 Å². The molecule has 22 heavy (non-hydrogen) atoms. The molecule has 6 heteroatoms. The number of anilines is 1. The number of nitrogen functional groups attached to an aromatic ring is 1. The first-order valence-electron chi connectivity index (χ1n) is 7.60. The van der Waals surface area contributed by atoms with E-state index in [4.69, 9.17) is 15.2 Å². The van der Waals surface area contributed by atoms with Crippen molar-refractivity contribution in [1.82, 2.24) is 4.90 Å². The summed E-state index contributed by atoms with van der Waals surface area (Å²) >= 11 is 2.30. The van der Waals surface area contributed by atoms with Crippen molar-refractivity contribution in [1.29, 1.82) is 0 Å². The Balaban J connectivity index is 2.56. The maximum absolute atomic E-state index is 12.1. The molecule has 0 saturated heterocycles. The van der Waals surface area contributed by atoms with E-state index < -0.39 is 0 Å². The molecule has 0 aliphatic heterocycles. The quantitative estimate of drug-likeness (QED) is 0.157. The average molecular weight is 420 g/mol. The lowest BCUT2D eigenvalue weighted by Gasteiger charge is -2.16. The molecular weight excluding hydrogens is 395 g/mol. The number of carbonyl (C=O) groups excluding carboxylic acids is 1. The first kappa shape index (κ1) is 19.0. The van der Waals surface area contributed by atoms with Gasteiger partial charge in [-0.2, -0.15) is 0 Å². The third-order valence-corrected chi connectivity index (χ3v) is 4.23. The number of rotatable bonds is 10. The van der Waals surface area contributed by atoms with Crippen LogP contribution in [0.5, 0.6) is 5.75 Å². The van der Waals surface area contributed by atoms with Gasteiger partial charge in [0.2, 0.25) is 0 Å². The zero-order valence-corrected chi connectivity index (χ0v) is 15.5. The van der Waals surface area contributed by atoms with Crippen LogP contribution in [0.3, 0.4) is 0 Å². The summed E-state index contributed by atoms with van der Waals surface area (Å²) in [6.45, 7) is 6.83. The highest BCUT2D eigenvalue weighted by molar-refractivity contribution is 14.1. The number of benzene rings is 1. The Morgan fingerprint density at radius 1 is 1.32 bits per heavy atom. The number of nitrogens with two attached hydrogens (primary N) is 1. The molecule has 0 spiro atoms. The van der Waals surface area contributed by atoms with E-state index in [9.17, 15) is 4.79 Å². The van der Waals surface area contributed by atoms with E-state index in [0.29, 0.717) is 30.2 Å². The molecule has 1 aromatic rings. The van der Waals surface area contributed by atoms with E-state index >= 15 is 0 Å². The molecule has 2 N–H and O–H groups in total. The normalized spacial score (nSPS) is 10.7. The highest BCUT2D eigenvalue weighted by Gasteiger charge is 2.11. The molecule has 0 saturated carbocycles. The third-order valence-electron chi connectivity index (χ3n) is 3.26. The van der Waals surface area contributed by atoms with Crippen LogP contribution in [0, 0.1) is 0 Å². The Morgan fingerprint density at radius 3 is 2.73 bits per heavy atom. The average Bonchev–Trinajstić information content (AvgIpc) is 2.53. The highest BCUT2D eigenvalue weighted by Crippen LogP contribution is 2.23. The lowest BCUT2D eigenvalue weighted by atomic mass is 10.2. The number of alkyl halides is 1. The second-order valence-electron chi connectivity index (χ2n) is 4.92. The van der Waals surface area contributed by atoms with Crippen molar-refractivity contribution in [3.8, 4) is 5.75 Å². The van der Waals surface area contributed by atoms with Crippen LogP contribution in [0.4, 0.5) is 5.69 Å². The van der Waals surface area contributed by atoms with Crippen LogP contribution in [-0.4, -0.2) is 41.7 Å². The molecular formula is C16H25IN2O3. The van der Waals surface area contributed by atoms with E-state index in [0.717, 1.165) is 30.5 Å². The van der Waals surface area contributed by atoms with E-state index in [-0.39, 0.29) is 5.97 Å². The molecule has 0 aromatic heterocycles. The van der Waals surface area contributed by atoms with E-state index in [1.165, 1.54) is 0 Å². The molecule has 0 radical (unpaired) electrons. The molecule has 0 aliphatic carbocycles. The lowest BCUT2D eigenvalue weighted by Crippen LogP contribution is -2.26. The smallest absolute Gasteiger partial charge is 0.338 e. The van der Waals surface area contributed by atoms with Gasteiger partial charge in [0.25, 0.3) is 0 Å². The molecule has 1 rings (SSSR count). The molecule has 124 valence electrons. The third kappa shape index (κ3) is 6.39. The molecule has 5 nitrogen and oxygen atoms in total. The van der Waals surface area contributed by atoms with Gasteiger partial charge >= 0.3 is 5.97 Å². The molecule has 0 heterocycles. The molecule has 0 fully saturated rings. The number of halogens is 1. The number of ether oxygens (including phenoxy) is 2. The van der Waals surface area contributed by atoms with Gasteiger partial charge in [-0.3, -0.25) is 4.90 Å². The van der Waals surface area contributed by atoms with Crippen LogP contribution in [0.2, 0.25) is 0 Å². The Hall–Kier alpha value is -1.02. The minimum absolute atomic E-state index is 0.343. The summed E-state index contributed by atoms with van der Waals surface area (Å²) in [7, 11) is 0. The van der Waals surface area contributed by atoms with Gasteiger partial charge in [0.1, 0.15) is 12.4 Å². The summed E-state index contributed by atoms with van der Waals surface area (Å²) in [6, 6.07) is 5.00. The van der Waals surface area contributed by atoms with Gasteiger partial charge in [0.05, 0.1) is 22.4 Å². The summed E-state index contributed by atoms with van der Waals surface area (Å²) in [5.41, 5.74) is 6.87. The number of carbonyl (C=O) groups is 1. The monoisotopic (exact) mass is 420 g/mol. The molecule has 0 bridgehead atoms. The van der Waals surface area contributed by atoms with Gasteiger partial charge in [-0.05, 0) is 31.2 Å². The second kappa shape index (κ2) is 10.7. The number of unbranched alkanes of at least 4 members (excludes halogenated alkanes) is 1. The van der Waals surface area contributed by atoms with Gasteiger partial charge in [-0.15, -0.1) is 0 Å². The second-order valence-corrected chi connectivity index (χ2v) is 5.60. The van der Waals surface area contributed by atoms with Crippen molar-refractivity contribution >= 4 is 34.2 Å². The van der Waals surface area contributed by atoms with Crippen molar-refractivity contribution in [2.75, 3.05) is 36.6 Å². The predicted molar refractivity (Wildman–Crippen MR) is 97.7 cm³/mol. The number of hydrogen-bond donors (Lipinski definition) is 1. The Morgan fingerprint density at radius 2 is 2.09 bits per heavy atom. The summed E-state index contributed by atoms with van der Waals surface area (Å²) < 4.78 is 11.8. The van der Waals surface area contributed by atoms with Crippen LogP contribution >= 0.6 is 22.6 Å². The van der Waals surface area contributed by atoms with Crippen molar-refractivity contribution in [3.05, 3.63) is 23.8 Å². The van der Waals surface area contributed by atoms with Crippen LogP contribution in [0.25, 0.3) is 0 Å². The summed E-state index contributed by atoms with van der Waals surface area (Å²) in [5.74, 6) is 0.204. The van der Waals surface area contributed by atoms with Crippen molar-refractivity contribution in [2.24, 2.45) is 0 Å². The zero-order valence-electron chi connectivity index (χ0n) is 13.3. The number of nitrogens with zero attached hydrogens (tertiary/aromatic N) is 1. The first-order chi connectivity index (χ1) is 10.6. The fraction of sp³-hybridized carbons (Fsp3) is 0.562. The molecule has 0 atom stereocenters. The Kier molecular flexibility index (Phi) is 9.22. The molecule has 0 amide bonds. The summed E-state index contributed by atoms with van der Waals surface area (Å²) in [5, 5.41) is 0. The minimum Gasteiger partial charge on any atom is -0.491 e. The molecule has 1 aromatic carbocycles. The largest absolute Gasteiger partial charge is 0.491 e. The Bertz CT molecular complexity index is 465. The van der Waals surface area contributed by atoms with Crippen LogP contribution < -0.4 is 10.5 Å². The topological polar surface area (TPSA) is 64.8 Å². The van der Waals surface area contributed by atoms with Gasteiger partial charge in [-0.25, -0.2) is 4.79 Å². The van der Waals surface area contributed by atoms with Crippen LogP contribution in [-0.2, 0) is 4.74 Å². The first-order valence-corrected chi connectivity index (χ1v) is 9.12. The number of likely N-dealkylation sites (N-methyl/N-ethyl adjacent to an activating group) is 1. The fourth-order valence-electron chi connectivity index (χ4n) is 1.77. The maximum Gasteiger partial charge on any atom is 0.338 e. The number of esters is 1. The predicted octanol–water partition coefficient (Wildman–Crippen LogP) is 3.32. The lowest BCUT2D eigenvalue weighted by molar-refractivity contribution is 0.0473. The van der Waals surface area contributed by atoms with Crippen molar-refractivity contribution in [2.45, 2.75) is 26.7 Å². The van der Waals surface area contributed by atoms with E-state index in [1.807, 2.05) is 0 Å². The Labute approximate surface area is 146 Å².